The van der Waals surface area contributed by atoms with Crippen molar-refractivity contribution >= 4 is 5.84 Å². The first-order valence-corrected chi connectivity index (χ1v) is 4.40. The van der Waals surface area contributed by atoms with Crippen molar-refractivity contribution < 1.29 is 13.2 Å². The molecule has 2 nitrogen and oxygen atoms in total. The first kappa shape index (κ1) is 11.6. The Labute approximate surface area is 85.6 Å². The molecular weight excluding hydrogens is 205 g/mol. The Morgan fingerprint density at radius 1 is 1.20 bits per heavy atom. The normalized spacial score (nSPS) is 12.3. The van der Waals surface area contributed by atoms with Crippen LogP contribution in [0.15, 0.2) is 17.1 Å². The molecule has 0 aliphatic carbocycles. The van der Waals surface area contributed by atoms with Crippen molar-refractivity contribution in [3.8, 4) is 0 Å². The van der Waals surface area contributed by atoms with E-state index in [4.69, 9.17) is 5.73 Å². The number of benzene rings is 1. The number of hydrogen-bond donors (Lipinski definition) is 1. The van der Waals surface area contributed by atoms with Gasteiger partial charge in [0.2, 0.25) is 0 Å². The predicted molar refractivity (Wildman–Crippen MR) is 52.2 cm³/mol. The maximum atomic E-state index is 12.8. The summed E-state index contributed by atoms with van der Waals surface area (Å²) in [4.78, 5) is 3.90. The second-order valence-electron chi connectivity index (χ2n) is 3.36. The highest BCUT2D eigenvalue weighted by Gasteiger charge is 2.12. The van der Waals surface area contributed by atoms with Gasteiger partial charge in [-0.3, -0.25) is 4.99 Å². The number of halogens is 3. The van der Waals surface area contributed by atoms with Gasteiger partial charge >= 0.3 is 0 Å². The van der Waals surface area contributed by atoms with E-state index in [1.54, 1.807) is 13.8 Å². The summed E-state index contributed by atoms with van der Waals surface area (Å²) in [6.07, 6.45) is 0. The van der Waals surface area contributed by atoms with Crippen molar-refractivity contribution in [1.29, 1.82) is 0 Å². The number of amidine groups is 1. The molecule has 2 N–H and O–H groups in total. The fraction of sp³-hybridized carbons (Fsp3) is 0.300. The van der Waals surface area contributed by atoms with E-state index in [0.29, 0.717) is 0 Å². The van der Waals surface area contributed by atoms with Crippen LogP contribution < -0.4 is 5.73 Å². The average Bonchev–Trinajstić information content (AvgIpc) is 2.12. The Hall–Kier alpha value is -1.52. The summed E-state index contributed by atoms with van der Waals surface area (Å²) in [5.74, 6) is -4.06. The lowest BCUT2D eigenvalue weighted by molar-refractivity contribution is 0.447. The van der Waals surface area contributed by atoms with Gasteiger partial charge < -0.3 is 5.73 Å². The number of nitrogens with zero attached hydrogens (tertiary/aromatic N) is 1. The highest BCUT2D eigenvalue weighted by atomic mass is 19.2. The molecule has 0 spiro atoms. The summed E-state index contributed by atoms with van der Waals surface area (Å²) < 4.78 is 38.2. The molecular formula is C10H11F3N2. The molecule has 0 heterocycles. The molecule has 0 aromatic heterocycles. The molecule has 0 radical (unpaired) electrons. The Bertz CT molecular complexity index is 377. The van der Waals surface area contributed by atoms with Crippen molar-refractivity contribution in [3.63, 3.8) is 0 Å². The number of hydrogen-bond acceptors (Lipinski definition) is 1. The van der Waals surface area contributed by atoms with E-state index in [0.717, 1.165) is 12.1 Å². The van der Waals surface area contributed by atoms with Crippen LogP contribution in [0.1, 0.15) is 19.4 Å². The monoisotopic (exact) mass is 216 g/mol. The maximum Gasteiger partial charge on any atom is 0.194 e. The quantitative estimate of drug-likeness (QED) is 0.459. The molecule has 82 valence electrons. The predicted octanol–water partition coefficient (Wildman–Crippen LogP) is 2.22. The van der Waals surface area contributed by atoms with Crippen LogP contribution in [0.5, 0.6) is 0 Å². The highest BCUT2D eigenvalue weighted by molar-refractivity contribution is 5.97. The fourth-order valence-corrected chi connectivity index (χ4v) is 1.06. The first-order valence-electron chi connectivity index (χ1n) is 4.40. The molecule has 0 amide bonds. The maximum absolute atomic E-state index is 12.8. The standard InChI is InChI=1S/C10H11F3N2/c1-5(2)15-10(14)6-3-7(11)9(13)8(12)4-6/h3-5H,1-2H3,(H2,14,15). The van der Waals surface area contributed by atoms with Crippen molar-refractivity contribution in [2.75, 3.05) is 0 Å². The Kier molecular flexibility index (Phi) is 3.34. The van der Waals surface area contributed by atoms with Gasteiger partial charge in [-0.2, -0.15) is 0 Å². The van der Waals surface area contributed by atoms with Gasteiger partial charge in [0.05, 0.1) is 0 Å². The molecule has 15 heavy (non-hydrogen) atoms. The van der Waals surface area contributed by atoms with Crippen molar-refractivity contribution in [3.05, 3.63) is 35.1 Å². The topological polar surface area (TPSA) is 38.4 Å². The first-order chi connectivity index (χ1) is 6.91. The summed E-state index contributed by atoms with van der Waals surface area (Å²) in [6, 6.07) is 1.54. The molecule has 1 aromatic rings. The van der Waals surface area contributed by atoms with E-state index in [9.17, 15) is 13.2 Å². The third kappa shape index (κ3) is 2.71. The van der Waals surface area contributed by atoms with Crippen molar-refractivity contribution in [1.82, 2.24) is 0 Å². The number of aliphatic imine (C=N–C) groups is 1. The third-order valence-corrected chi connectivity index (χ3v) is 1.68. The van der Waals surface area contributed by atoms with Gasteiger partial charge in [-0.15, -0.1) is 0 Å². The zero-order valence-electron chi connectivity index (χ0n) is 8.39. The van der Waals surface area contributed by atoms with Crippen LogP contribution in [0.4, 0.5) is 13.2 Å². The van der Waals surface area contributed by atoms with Crippen LogP contribution in [-0.2, 0) is 0 Å². The summed E-state index contributed by atoms with van der Waals surface area (Å²) >= 11 is 0. The van der Waals surface area contributed by atoms with Gasteiger partial charge in [0, 0.05) is 11.6 Å². The van der Waals surface area contributed by atoms with Crippen LogP contribution in [0.25, 0.3) is 0 Å². The average molecular weight is 216 g/mol. The van der Waals surface area contributed by atoms with E-state index in [1.165, 1.54) is 0 Å². The molecule has 0 aliphatic rings. The van der Waals surface area contributed by atoms with Gasteiger partial charge in [0.1, 0.15) is 5.84 Å². The zero-order valence-corrected chi connectivity index (χ0v) is 8.39. The SMILES string of the molecule is CC(C)N=C(N)c1cc(F)c(F)c(F)c1. The van der Waals surface area contributed by atoms with Crippen LogP contribution in [0.3, 0.4) is 0 Å². The van der Waals surface area contributed by atoms with Gasteiger partial charge in [0.15, 0.2) is 17.5 Å². The number of nitrogens with two attached hydrogens (primary N) is 1. The Balaban J connectivity index is 3.17. The second kappa shape index (κ2) is 4.33. The van der Waals surface area contributed by atoms with E-state index >= 15 is 0 Å². The van der Waals surface area contributed by atoms with Crippen LogP contribution >= 0.6 is 0 Å². The fourth-order valence-electron chi connectivity index (χ4n) is 1.06. The van der Waals surface area contributed by atoms with E-state index < -0.39 is 17.5 Å². The minimum atomic E-state index is -1.50. The molecule has 1 aromatic carbocycles. The van der Waals surface area contributed by atoms with Gasteiger partial charge in [-0.05, 0) is 26.0 Å². The molecule has 1 rings (SSSR count). The van der Waals surface area contributed by atoms with Gasteiger partial charge in [-0.1, -0.05) is 0 Å². The Morgan fingerprint density at radius 3 is 2.07 bits per heavy atom. The summed E-state index contributed by atoms with van der Waals surface area (Å²) in [5.41, 5.74) is 5.52. The smallest absolute Gasteiger partial charge is 0.194 e. The van der Waals surface area contributed by atoms with Crippen LogP contribution in [-0.4, -0.2) is 11.9 Å². The summed E-state index contributed by atoms with van der Waals surface area (Å²) in [6.45, 7) is 3.53. The second-order valence-corrected chi connectivity index (χ2v) is 3.36. The van der Waals surface area contributed by atoms with Crippen molar-refractivity contribution in [2.24, 2.45) is 10.7 Å². The lowest BCUT2D eigenvalue weighted by Crippen LogP contribution is -2.16. The van der Waals surface area contributed by atoms with Gasteiger partial charge in [0.25, 0.3) is 0 Å². The van der Waals surface area contributed by atoms with Crippen LogP contribution in [0, 0.1) is 17.5 Å². The van der Waals surface area contributed by atoms with Crippen molar-refractivity contribution in [2.45, 2.75) is 19.9 Å². The molecule has 0 unspecified atom stereocenters. The van der Waals surface area contributed by atoms with Gasteiger partial charge in [-0.25, -0.2) is 13.2 Å². The minimum Gasteiger partial charge on any atom is -0.383 e. The molecule has 0 saturated heterocycles. The summed E-state index contributed by atoms with van der Waals surface area (Å²) in [5, 5.41) is 0. The Morgan fingerprint density at radius 2 is 1.67 bits per heavy atom. The number of rotatable bonds is 2. The zero-order chi connectivity index (χ0) is 11.6. The largest absolute Gasteiger partial charge is 0.383 e. The lowest BCUT2D eigenvalue weighted by Gasteiger charge is -2.04. The van der Waals surface area contributed by atoms with E-state index in [2.05, 4.69) is 4.99 Å². The summed E-state index contributed by atoms with van der Waals surface area (Å²) in [7, 11) is 0. The van der Waals surface area contributed by atoms with Crippen LogP contribution in [0.2, 0.25) is 0 Å². The molecule has 0 aliphatic heterocycles. The molecule has 0 atom stereocenters. The minimum absolute atomic E-state index is 0.0113. The molecule has 0 fully saturated rings. The van der Waals surface area contributed by atoms with E-state index in [1.807, 2.05) is 0 Å². The van der Waals surface area contributed by atoms with E-state index in [-0.39, 0.29) is 17.4 Å². The lowest BCUT2D eigenvalue weighted by atomic mass is 10.2. The molecule has 0 saturated carbocycles. The third-order valence-electron chi connectivity index (χ3n) is 1.68. The highest BCUT2D eigenvalue weighted by Crippen LogP contribution is 2.13. The molecule has 0 bridgehead atoms. The molecule has 5 heteroatoms.